The maximum atomic E-state index is 5.97. The van der Waals surface area contributed by atoms with Gasteiger partial charge < -0.3 is 19.9 Å². The van der Waals surface area contributed by atoms with Crippen LogP contribution in [0.4, 0.5) is 0 Å². The molecule has 0 amide bonds. The highest BCUT2D eigenvalue weighted by Crippen LogP contribution is 2.37. The molecule has 0 spiro atoms. The quantitative estimate of drug-likeness (QED) is 0.759. The highest BCUT2D eigenvalue weighted by molar-refractivity contribution is 4.83. The molecule has 0 radical (unpaired) electrons. The molecule has 2 atom stereocenters. The fraction of sp³-hybridized carbons (Fsp3) is 1.00. The van der Waals surface area contributed by atoms with Gasteiger partial charge in [-0.2, -0.15) is 0 Å². The molecule has 0 aromatic heterocycles. The Balaban J connectivity index is 1.89. The van der Waals surface area contributed by atoms with Crippen molar-refractivity contribution < 1.29 is 14.2 Å². The van der Waals surface area contributed by atoms with E-state index in [1.165, 1.54) is 0 Å². The second kappa shape index (κ2) is 4.78. The van der Waals surface area contributed by atoms with Gasteiger partial charge >= 0.3 is 0 Å². The molecular weight excluding hydrogens is 194 g/mol. The topological polar surface area (TPSA) is 53.7 Å². The summed E-state index contributed by atoms with van der Waals surface area (Å²) in [5, 5.41) is 0. The van der Waals surface area contributed by atoms with Gasteiger partial charge in [0.15, 0.2) is 5.79 Å². The molecular formula is C11H21NO3. The summed E-state index contributed by atoms with van der Waals surface area (Å²) in [6, 6.07) is 0. The minimum Gasteiger partial charge on any atom is -0.381 e. The Labute approximate surface area is 91.1 Å². The van der Waals surface area contributed by atoms with E-state index in [4.69, 9.17) is 19.9 Å². The molecule has 0 aliphatic carbocycles. The van der Waals surface area contributed by atoms with Gasteiger partial charge in [-0.25, -0.2) is 0 Å². The van der Waals surface area contributed by atoms with Gasteiger partial charge in [0, 0.05) is 19.1 Å². The van der Waals surface area contributed by atoms with Crippen LogP contribution >= 0.6 is 0 Å². The zero-order valence-corrected chi connectivity index (χ0v) is 9.41. The van der Waals surface area contributed by atoms with Crippen molar-refractivity contribution in [2.45, 2.75) is 38.1 Å². The smallest absolute Gasteiger partial charge is 0.169 e. The average Bonchev–Trinajstić information content (AvgIpc) is 2.64. The molecule has 2 rings (SSSR count). The molecule has 0 aromatic carbocycles. The van der Waals surface area contributed by atoms with Crippen LogP contribution in [0.5, 0.6) is 0 Å². The molecule has 15 heavy (non-hydrogen) atoms. The third-order valence-electron chi connectivity index (χ3n) is 3.41. The summed E-state index contributed by atoms with van der Waals surface area (Å²) in [5.74, 6) is 0.0675. The van der Waals surface area contributed by atoms with E-state index in [-0.39, 0.29) is 6.10 Å². The van der Waals surface area contributed by atoms with Gasteiger partial charge in [-0.05, 0) is 32.7 Å². The molecule has 4 heteroatoms. The summed E-state index contributed by atoms with van der Waals surface area (Å²) in [4.78, 5) is 0. The van der Waals surface area contributed by atoms with Gasteiger partial charge in [-0.3, -0.25) is 0 Å². The zero-order chi connectivity index (χ0) is 10.7. The summed E-state index contributed by atoms with van der Waals surface area (Å²) in [6.07, 6.45) is 3.14. The van der Waals surface area contributed by atoms with Crippen LogP contribution in [0.25, 0.3) is 0 Å². The van der Waals surface area contributed by atoms with Crippen LogP contribution in [0.3, 0.4) is 0 Å². The molecule has 2 unspecified atom stereocenters. The molecule has 4 nitrogen and oxygen atoms in total. The summed E-state index contributed by atoms with van der Waals surface area (Å²) < 4.78 is 17.1. The SMILES string of the molecule is CC1(C2CCOCC2)OCC(CCN)O1. The Kier molecular flexibility index (Phi) is 3.61. The monoisotopic (exact) mass is 215 g/mol. The Morgan fingerprint density at radius 1 is 1.33 bits per heavy atom. The molecule has 2 saturated heterocycles. The molecule has 0 saturated carbocycles. The van der Waals surface area contributed by atoms with Crippen LogP contribution in [0.1, 0.15) is 26.2 Å². The Bertz CT molecular complexity index is 206. The lowest BCUT2D eigenvalue weighted by Crippen LogP contribution is -2.40. The highest BCUT2D eigenvalue weighted by atomic mass is 16.7. The maximum Gasteiger partial charge on any atom is 0.169 e. The summed E-state index contributed by atoms with van der Waals surface area (Å²) >= 11 is 0. The molecule has 2 heterocycles. The maximum absolute atomic E-state index is 5.97. The van der Waals surface area contributed by atoms with Crippen LogP contribution in [0.15, 0.2) is 0 Å². The number of ether oxygens (including phenoxy) is 3. The summed E-state index contributed by atoms with van der Waals surface area (Å²) in [7, 11) is 0. The van der Waals surface area contributed by atoms with E-state index in [0.717, 1.165) is 32.5 Å². The standard InChI is InChI=1S/C11H21NO3/c1-11(9-3-6-13-7-4-9)14-8-10(15-11)2-5-12/h9-10H,2-8,12H2,1H3. The number of rotatable bonds is 3. The van der Waals surface area contributed by atoms with Crippen LogP contribution in [-0.4, -0.2) is 38.3 Å². The van der Waals surface area contributed by atoms with Gasteiger partial charge in [0.2, 0.25) is 0 Å². The van der Waals surface area contributed by atoms with Crippen molar-refractivity contribution in [1.82, 2.24) is 0 Å². The van der Waals surface area contributed by atoms with Gasteiger partial charge in [-0.15, -0.1) is 0 Å². The minimum absolute atomic E-state index is 0.183. The van der Waals surface area contributed by atoms with Crippen molar-refractivity contribution in [3.63, 3.8) is 0 Å². The van der Waals surface area contributed by atoms with Gasteiger partial charge in [0.05, 0.1) is 12.7 Å². The van der Waals surface area contributed by atoms with Crippen molar-refractivity contribution in [3.05, 3.63) is 0 Å². The largest absolute Gasteiger partial charge is 0.381 e. The third-order valence-corrected chi connectivity index (χ3v) is 3.41. The fourth-order valence-electron chi connectivity index (χ4n) is 2.42. The second-order valence-corrected chi connectivity index (χ2v) is 4.53. The summed E-state index contributed by atoms with van der Waals surface area (Å²) in [6.45, 7) is 5.06. The van der Waals surface area contributed by atoms with Gasteiger partial charge in [0.1, 0.15) is 0 Å². The molecule has 2 aliphatic rings. The number of nitrogens with two attached hydrogens (primary N) is 1. The molecule has 0 aromatic rings. The Morgan fingerprint density at radius 2 is 2.07 bits per heavy atom. The van der Waals surface area contributed by atoms with Crippen LogP contribution in [-0.2, 0) is 14.2 Å². The van der Waals surface area contributed by atoms with E-state index >= 15 is 0 Å². The number of hydrogen-bond donors (Lipinski definition) is 1. The van der Waals surface area contributed by atoms with E-state index in [1.807, 2.05) is 0 Å². The molecule has 88 valence electrons. The van der Waals surface area contributed by atoms with Gasteiger partial charge in [-0.1, -0.05) is 0 Å². The number of hydrogen-bond acceptors (Lipinski definition) is 4. The van der Waals surface area contributed by atoms with E-state index in [0.29, 0.717) is 19.1 Å². The van der Waals surface area contributed by atoms with Crippen LogP contribution in [0, 0.1) is 5.92 Å². The van der Waals surface area contributed by atoms with E-state index in [2.05, 4.69) is 6.92 Å². The van der Waals surface area contributed by atoms with E-state index < -0.39 is 5.79 Å². The van der Waals surface area contributed by atoms with Crippen molar-refractivity contribution in [1.29, 1.82) is 0 Å². The summed E-state index contributed by atoms with van der Waals surface area (Å²) in [5.41, 5.74) is 5.52. The van der Waals surface area contributed by atoms with Crippen LogP contribution in [0.2, 0.25) is 0 Å². The minimum atomic E-state index is -0.399. The average molecular weight is 215 g/mol. The Morgan fingerprint density at radius 3 is 2.73 bits per heavy atom. The molecule has 0 bridgehead atoms. The zero-order valence-electron chi connectivity index (χ0n) is 9.41. The third kappa shape index (κ3) is 2.50. The molecule has 2 N–H and O–H groups in total. The lowest BCUT2D eigenvalue weighted by Gasteiger charge is -2.35. The van der Waals surface area contributed by atoms with Crippen molar-refractivity contribution in [2.75, 3.05) is 26.4 Å². The Hall–Kier alpha value is -0.160. The van der Waals surface area contributed by atoms with Crippen LogP contribution < -0.4 is 5.73 Å². The van der Waals surface area contributed by atoms with E-state index in [1.54, 1.807) is 0 Å². The lowest BCUT2D eigenvalue weighted by atomic mass is 9.92. The first-order valence-electron chi connectivity index (χ1n) is 5.84. The highest BCUT2D eigenvalue weighted by Gasteiger charge is 2.43. The molecule has 2 aliphatic heterocycles. The first-order valence-corrected chi connectivity index (χ1v) is 5.84. The van der Waals surface area contributed by atoms with E-state index in [9.17, 15) is 0 Å². The first-order chi connectivity index (χ1) is 7.24. The second-order valence-electron chi connectivity index (χ2n) is 4.53. The predicted octanol–water partition coefficient (Wildman–Crippen LogP) is 0.893. The van der Waals surface area contributed by atoms with Crippen molar-refractivity contribution in [2.24, 2.45) is 11.7 Å². The van der Waals surface area contributed by atoms with Gasteiger partial charge in [0.25, 0.3) is 0 Å². The van der Waals surface area contributed by atoms with Crippen molar-refractivity contribution >= 4 is 0 Å². The first kappa shape index (κ1) is 11.3. The normalized spacial score (nSPS) is 38.4. The van der Waals surface area contributed by atoms with Crippen molar-refractivity contribution in [3.8, 4) is 0 Å². The fourth-order valence-corrected chi connectivity index (χ4v) is 2.42. The predicted molar refractivity (Wildman–Crippen MR) is 56.4 cm³/mol. The lowest BCUT2D eigenvalue weighted by molar-refractivity contribution is -0.206. The molecule has 2 fully saturated rings.